The van der Waals surface area contributed by atoms with Gasteiger partial charge in [-0.2, -0.15) is 0 Å². The van der Waals surface area contributed by atoms with Gasteiger partial charge >= 0.3 is 107 Å². The van der Waals surface area contributed by atoms with Crippen LogP contribution in [0.1, 0.15) is 10.4 Å². The van der Waals surface area contributed by atoms with Crippen LogP contribution in [-0.4, -0.2) is 26.7 Å². The van der Waals surface area contributed by atoms with E-state index in [9.17, 15) is 4.79 Å². The van der Waals surface area contributed by atoms with E-state index < -0.39 is 0 Å². The minimum absolute atomic E-state index is 0.157. The normalized spacial score (nSPS) is 9.94. The van der Waals surface area contributed by atoms with Gasteiger partial charge in [0.05, 0.1) is 0 Å². The maximum absolute atomic E-state index is 12.0. The molecule has 0 aromatic heterocycles. The average molecular weight is 291 g/mol. The van der Waals surface area contributed by atoms with Crippen molar-refractivity contribution in [3.8, 4) is 5.75 Å². The summed E-state index contributed by atoms with van der Waals surface area (Å²) in [5.74, 6) is 0.772. The molecule has 0 atom stereocenters. The molecule has 0 saturated heterocycles. The van der Waals surface area contributed by atoms with Gasteiger partial charge in [-0.1, -0.05) is 0 Å². The fourth-order valence-corrected chi connectivity index (χ4v) is 2.98. The van der Waals surface area contributed by atoms with Crippen molar-refractivity contribution in [2.75, 3.05) is 7.11 Å². The Hall–Kier alpha value is -1.57. The van der Waals surface area contributed by atoms with E-state index in [-0.39, 0.29) is 19.6 Å². The van der Waals surface area contributed by atoms with Crippen molar-refractivity contribution in [1.82, 2.24) is 0 Å². The summed E-state index contributed by atoms with van der Waals surface area (Å²) in [5.41, 5.74) is 0.745. The second-order valence-corrected chi connectivity index (χ2v) is 5.63. The average Bonchev–Trinajstić information content (AvgIpc) is 2.40. The molecule has 2 aromatic rings. The molecule has 0 bridgehead atoms. The predicted octanol–water partition coefficient (Wildman–Crippen LogP) is 1.87. The summed E-state index contributed by atoms with van der Waals surface area (Å²) in [6.45, 7) is 0. The molecule has 0 aliphatic carbocycles. The van der Waals surface area contributed by atoms with Gasteiger partial charge in [0.1, 0.15) is 0 Å². The molecule has 0 amide bonds. The van der Waals surface area contributed by atoms with Crippen LogP contribution < -0.4 is 9.20 Å². The molecule has 0 radical (unpaired) electrons. The van der Waals surface area contributed by atoms with Crippen molar-refractivity contribution >= 4 is 24.1 Å². The van der Waals surface area contributed by atoms with E-state index in [1.807, 2.05) is 54.6 Å². The first kappa shape index (κ1) is 11.9. The number of hydrogen-bond donors (Lipinski definition) is 0. The third-order valence-electron chi connectivity index (χ3n) is 2.28. The third-order valence-corrected chi connectivity index (χ3v) is 4.23. The van der Waals surface area contributed by atoms with E-state index in [2.05, 4.69) is 0 Å². The number of ether oxygens (including phenoxy) is 1. The number of methoxy groups -OCH3 is 1. The summed E-state index contributed by atoms with van der Waals surface area (Å²) < 4.78 is 6.35. The number of carbonyl (C=O) groups is 1. The molecule has 0 unspecified atom stereocenters. The fraction of sp³-hybridized carbons (Fsp3) is 0.0714. The van der Waals surface area contributed by atoms with Crippen LogP contribution in [0.15, 0.2) is 54.6 Å². The summed E-state index contributed by atoms with van der Waals surface area (Å²) in [6, 6.07) is 17.1. The van der Waals surface area contributed by atoms with Gasteiger partial charge in [-0.05, 0) is 0 Å². The fourth-order valence-electron chi connectivity index (χ4n) is 1.38. The standard InChI is InChI=1S/C14H12O2Se/c1-16-12-9-7-11(8-10-12)14(15)17-13-5-3-2-4-6-13/h2-10H,1H3. The van der Waals surface area contributed by atoms with Crippen molar-refractivity contribution in [2.24, 2.45) is 0 Å². The molecule has 0 heterocycles. The van der Waals surface area contributed by atoms with E-state index in [0.717, 1.165) is 15.8 Å². The predicted molar refractivity (Wildman–Crippen MR) is 69.2 cm³/mol. The van der Waals surface area contributed by atoms with Crippen LogP contribution >= 0.6 is 0 Å². The van der Waals surface area contributed by atoms with E-state index in [1.54, 1.807) is 7.11 Å². The Bertz CT molecular complexity index is 491. The van der Waals surface area contributed by atoms with E-state index in [4.69, 9.17) is 4.74 Å². The van der Waals surface area contributed by atoms with Gasteiger partial charge in [0, 0.05) is 0 Å². The van der Waals surface area contributed by atoms with Gasteiger partial charge in [0.2, 0.25) is 0 Å². The zero-order valence-electron chi connectivity index (χ0n) is 9.42. The van der Waals surface area contributed by atoms with Crippen LogP contribution in [-0.2, 0) is 0 Å². The molecular formula is C14H12O2Se. The van der Waals surface area contributed by atoms with Gasteiger partial charge in [-0.3, -0.25) is 0 Å². The van der Waals surface area contributed by atoms with Crippen LogP contribution in [0.5, 0.6) is 5.75 Å². The van der Waals surface area contributed by atoms with E-state index >= 15 is 0 Å². The minimum atomic E-state index is -0.157. The second kappa shape index (κ2) is 5.67. The van der Waals surface area contributed by atoms with Gasteiger partial charge < -0.3 is 0 Å². The Morgan fingerprint density at radius 1 is 1.00 bits per heavy atom. The SMILES string of the molecule is COc1ccc(C(=O)[Se]c2ccccc2)cc1. The van der Waals surface area contributed by atoms with Crippen molar-refractivity contribution in [3.63, 3.8) is 0 Å². The molecule has 0 aliphatic heterocycles. The molecule has 2 nitrogen and oxygen atoms in total. The monoisotopic (exact) mass is 292 g/mol. The summed E-state index contributed by atoms with van der Waals surface area (Å²) in [4.78, 5) is 12.0. The van der Waals surface area contributed by atoms with Gasteiger partial charge in [0.25, 0.3) is 0 Å². The Kier molecular flexibility index (Phi) is 3.97. The van der Waals surface area contributed by atoms with Crippen molar-refractivity contribution in [1.29, 1.82) is 0 Å². The molecule has 0 spiro atoms. The first-order valence-corrected chi connectivity index (χ1v) is 6.92. The number of rotatable bonds is 4. The zero-order valence-corrected chi connectivity index (χ0v) is 11.1. The third kappa shape index (κ3) is 3.19. The van der Waals surface area contributed by atoms with Crippen LogP contribution in [0.4, 0.5) is 0 Å². The first-order valence-electron chi connectivity index (χ1n) is 5.21. The van der Waals surface area contributed by atoms with E-state index in [1.165, 1.54) is 0 Å². The summed E-state index contributed by atoms with van der Waals surface area (Å²) in [7, 11) is 1.62. The summed E-state index contributed by atoms with van der Waals surface area (Å²) >= 11 is -0.157. The molecule has 2 aromatic carbocycles. The van der Waals surface area contributed by atoms with Crippen molar-refractivity contribution in [3.05, 3.63) is 60.2 Å². The Morgan fingerprint density at radius 2 is 1.65 bits per heavy atom. The quantitative estimate of drug-likeness (QED) is 0.804. The van der Waals surface area contributed by atoms with Crippen LogP contribution in [0.25, 0.3) is 0 Å². The molecule has 2 rings (SSSR count). The van der Waals surface area contributed by atoms with Crippen molar-refractivity contribution < 1.29 is 9.53 Å². The van der Waals surface area contributed by atoms with Crippen LogP contribution in [0, 0.1) is 0 Å². The van der Waals surface area contributed by atoms with Gasteiger partial charge in [0.15, 0.2) is 0 Å². The Balaban J connectivity index is 2.09. The van der Waals surface area contributed by atoms with Gasteiger partial charge in [-0.15, -0.1) is 0 Å². The molecule has 86 valence electrons. The molecule has 0 saturated carbocycles. The molecule has 17 heavy (non-hydrogen) atoms. The molecule has 0 fully saturated rings. The molecule has 0 N–H and O–H groups in total. The topological polar surface area (TPSA) is 26.3 Å². The molecule has 0 aliphatic rings. The van der Waals surface area contributed by atoms with Crippen LogP contribution in [0.2, 0.25) is 0 Å². The Labute approximate surface area is 107 Å². The number of carbonyl (C=O) groups excluding carboxylic acids is 1. The maximum atomic E-state index is 12.0. The number of hydrogen-bond acceptors (Lipinski definition) is 2. The van der Waals surface area contributed by atoms with Crippen LogP contribution in [0.3, 0.4) is 0 Å². The Morgan fingerprint density at radius 3 is 2.24 bits per heavy atom. The zero-order chi connectivity index (χ0) is 12.1. The molecule has 3 heteroatoms. The number of benzene rings is 2. The second-order valence-electron chi connectivity index (χ2n) is 3.43. The first-order chi connectivity index (χ1) is 8.29. The summed E-state index contributed by atoms with van der Waals surface area (Å²) in [5, 5.41) is 0. The van der Waals surface area contributed by atoms with Crippen molar-refractivity contribution in [2.45, 2.75) is 0 Å². The molecular weight excluding hydrogens is 279 g/mol. The van der Waals surface area contributed by atoms with E-state index in [0.29, 0.717) is 0 Å². The summed E-state index contributed by atoms with van der Waals surface area (Å²) in [6.07, 6.45) is 0. The van der Waals surface area contributed by atoms with Gasteiger partial charge in [-0.25, -0.2) is 0 Å².